The van der Waals surface area contributed by atoms with Gasteiger partial charge in [0.1, 0.15) is 5.75 Å². The predicted molar refractivity (Wildman–Crippen MR) is 91.4 cm³/mol. The molecule has 0 radical (unpaired) electrons. The van der Waals surface area contributed by atoms with Gasteiger partial charge in [0.2, 0.25) is 11.8 Å². The summed E-state index contributed by atoms with van der Waals surface area (Å²) in [5.74, 6) is 0.835. The summed E-state index contributed by atoms with van der Waals surface area (Å²) < 4.78 is 5.13. The van der Waals surface area contributed by atoms with Crippen molar-refractivity contribution in [2.24, 2.45) is 5.41 Å². The molecule has 0 heterocycles. The zero-order chi connectivity index (χ0) is 17.5. The molecule has 0 aliphatic heterocycles. The van der Waals surface area contributed by atoms with Crippen molar-refractivity contribution in [3.63, 3.8) is 0 Å². The molecule has 1 aromatic carbocycles. The molecule has 128 valence electrons. The minimum atomic E-state index is -0.413. The molecular formula is C18H28N2O3. The van der Waals surface area contributed by atoms with Gasteiger partial charge in [0.05, 0.1) is 7.11 Å². The van der Waals surface area contributed by atoms with Crippen molar-refractivity contribution in [2.75, 3.05) is 26.7 Å². The van der Waals surface area contributed by atoms with E-state index < -0.39 is 5.41 Å². The number of amides is 2. The van der Waals surface area contributed by atoms with E-state index >= 15 is 0 Å². The minimum absolute atomic E-state index is 0.00356. The van der Waals surface area contributed by atoms with E-state index in [1.165, 1.54) is 0 Å². The van der Waals surface area contributed by atoms with Gasteiger partial charge >= 0.3 is 0 Å². The first-order valence-electron chi connectivity index (χ1n) is 7.91. The second-order valence-corrected chi connectivity index (χ2v) is 6.61. The van der Waals surface area contributed by atoms with Crippen LogP contribution in [0.5, 0.6) is 5.75 Å². The van der Waals surface area contributed by atoms with E-state index in [9.17, 15) is 9.59 Å². The average molecular weight is 320 g/mol. The third-order valence-electron chi connectivity index (χ3n) is 3.62. The summed E-state index contributed by atoms with van der Waals surface area (Å²) in [7, 11) is 1.64. The first-order valence-corrected chi connectivity index (χ1v) is 7.91. The highest BCUT2D eigenvalue weighted by Crippen LogP contribution is 2.13. The average Bonchev–Trinajstić information content (AvgIpc) is 2.49. The van der Waals surface area contributed by atoms with Crippen LogP contribution in [0.1, 0.15) is 33.3 Å². The maximum atomic E-state index is 11.8. The number of carbonyl (C=O) groups is 2. The lowest BCUT2D eigenvalue weighted by Gasteiger charge is -2.23. The number of nitrogens with zero attached hydrogens (tertiary/aromatic N) is 1. The molecule has 0 aromatic heterocycles. The molecule has 0 saturated heterocycles. The molecule has 1 N–H and O–H groups in total. The van der Waals surface area contributed by atoms with Crippen LogP contribution in [0.15, 0.2) is 24.3 Å². The second-order valence-electron chi connectivity index (χ2n) is 6.61. The Morgan fingerprint density at radius 3 is 2.22 bits per heavy atom. The maximum absolute atomic E-state index is 11.8. The summed E-state index contributed by atoms with van der Waals surface area (Å²) in [5, 5.41) is 2.87. The summed E-state index contributed by atoms with van der Waals surface area (Å²) in [6, 6.07) is 7.82. The van der Waals surface area contributed by atoms with Crippen molar-refractivity contribution in [1.82, 2.24) is 10.2 Å². The third-order valence-corrected chi connectivity index (χ3v) is 3.62. The van der Waals surface area contributed by atoms with Crippen LogP contribution in [-0.4, -0.2) is 43.5 Å². The maximum Gasteiger partial charge on any atom is 0.225 e. The van der Waals surface area contributed by atoms with Crippen LogP contribution in [0, 0.1) is 5.41 Å². The Hall–Kier alpha value is -2.04. The lowest BCUT2D eigenvalue weighted by Crippen LogP contribution is -2.41. The number of hydrogen-bond donors (Lipinski definition) is 1. The van der Waals surface area contributed by atoms with Gasteiger partial charge in [-0.1, -0.05) is 32.9 Å². The van der Waals surface area contributed by atoms with E-state index in [1.54, 1.807) is 18.9 Å². The largest absolute Gasteiger partial charge is 0.497 e. The SMILES string of the molecule is COc1ccc(CCN(CCNC(=O)C(C)(C)C)C(C)=O)cc1. The van der Waals surface area contributed by atoms with E-state index in [4.69, 9.17) is 4.74 Å². The van der Waals surface area contributed by atoms with Crippen molar-refractivity contribution in [2.45, 2.75) is 34.1 Å². The summed E-state index contributed by atoms with van der Waals surface area (Å²) in [6.45, 7) is 8.79. The first kappa shape index (κ1) is 19.0. The number of methoxy groups -OCH3 is 1. The topological polar surface area (TPSA) is 58.6 Å². The van der Waals surface area contributed by atoms with Crippen molar-refractivity contribution < 1.29 is 14.3 Å². The van der Waals surface area contributed by atoms with Crippen LogP contribution in [0.2, 0.25) is 0 Å². The molecule has 5 heteroatoms. The van der Waals surface area contributed by atoms with E-state index in [-0.39, 0.29) is 11.8 Å². The number of benzene rings is 1. The highest BCUT2D eigenvalue weighted by molar-refractivity contribution is 5.81. The van der Waals surface area contributed by atoms with Crippen molar-refractivity contribution >= 4 is 11.8 Å². The van der Waals surface area contributed by atoms with Gasteiger partial charge in [0, 0.05) is 32.0 Å². The minimum Gasteiger partial charge on any atom is -0.497 e. The Bertz CT molecular complexity index is 518. The van der Waals surface area contributed by atoms with E-state index in [2.05, 4.69) is 5.32 Å². The molecule has 2 amide bonds. The molecule has 1 rings (SSSR count). The predicted octanol–water partition coefficient (Wildman–Crippen LogP) is 2.25. The Morgan fingerprint density at radius 1 is 1.13 bits per heavy atom. The van der Waals surface area contributed by atoms with Gasteiger partial charge in [-0.15, -0.1) is 0 Å². The second kappa shape index (κ2) is 8.56. The van der Waals surface area contributed by atoms with E-state index in [0.717, 1.165) is 17.7 Å². The van der Waals surface area contributed by atoms with Crippen LogP contribution in [0.4, 0.5) is 0 Å². The fraction of sp³-hybridized carbons (Fsp3) is 0.556. The van der Waals surface area contributed by atoms with E-state index in [1.807, 2.05) is 45.0 Å². The third kappa shape index (κ3) is 6.72. The lowest BCUT2D eigenvalue weighted by molar-refractivity contribution is -0.131. The fourth-order valence-corrected chi connectivity index (χ4v) is 2.05. The monoisotopic (exact) mass is 320 g/mol. The quantitative estimate of drug-likeness (QED) is 0.838. The molecule has 0 atom stereocenters. The Kier molecular flexibility index (Phi) is 7.07. The molecule has 5 nitrogen and oxygen atoms in total. The molecular weight excluding hydrogens is 292 g/mol. The highest BCUT2D eigenvalue weighted by Gasteiger charge is 2.20. The van der Waals surface area contributed by atoms with Gasteiger partial charge in [-0.2, -0.15) is 0 Å². The smallest absolute Gasteiger partial charge is 0.225 e. The van der Waals surface area contributed by atoms with Gasteiger partial charge in [0.25, 0.3) is 0 Å². The van der Waals surface area contributed by atoms with Crippen molar-refractivity contribution in [3.05, 3.63) is 29.8 Å². The van der Waals surface area contributed by atoms with Gasteiger partial charge in [-0.05, 0) is 24.1 Å². The summed E-state index contributed by atoms with van der Waals surface area (Å²) >= 11 is 0. The standard InChI is InChI=1S/C18H28N2O3/c1-14(21)20(13-11-19-17(22)18(2,3)4)12-10-15-6-8-16(23-5)9-7-15/h6-9H,10-13H2,1-5H3,(H,19,22). The summed E-state index contributed by atoms with van der Waals surface area (Å²) in [5.41, 5.74) is 0.736. The molecule has 0 spiro atoms. The van der Waals surface area contributed by atoms with Crippen LogP contribution >= 0.6 is 0 Å². The molecule has 0 fully saturated rings. The highest BCUT2D eigenvalue weighted by atomic mass is 16.5. The van der Waals surface area contributed by atoms with Gasteiger partial charge < -0.3 is 15.0 Å². The van der Waals surface area contributed by atoms with Gasteiger partial charge in [-0.25, -0.2) is 0 Å². The summed E-state index contributed by atoms with van der Waals surface area (Å²) in [4.78, 5) is 25.3. The van der Waals surface area contributed by atoms with Gasteiger partial charge in [0.15, 0.2) is 0 Å². The number of rotatable bonds is 7. The van der Waals surface area contributed by atoms with Gasteiger partial charge in [-0.3, -0.25) is 9.59 Å². The zero-order valence-corrected chi connectivity index (χ0v) is 14.8. The molecule has 0 saturated carbocycles. The summed E-state index contributed by atoms with van der Waals surface area (Å²) in [6.07, 6.45) is 0.775. The molecule has 1 aromatic rings. The number of hydrogen-bond acceptors (Lipinski definition) is 3. The van der Waals surface area contributed by atoms with Crippen molar-refractivity contribution in [3.8, 4) is 5.75 Å². The number of carbonyl (C=O) groups excluding carboxylic acids is 2. The lowest BCUT2D eigenvalue weighted by atomic mass is 9.96. The number of ether oxygens (including phenoxy) is 1. The van der Waals surface area contributed by atoms with Crippen LogP contribution in [-0.2, 0) is 16.0 Å². The molecule has 0 bridgehead atoms. The molecule has 0 unspecified atom stereocenters. The Balaban J connectivity index is 2.45. The van der Waals surface area contributed by atoms with Crippen LogP contribution < -0.4 is 10.1 Å². The first-order chi connectivity index (χ1) is 10.7. The van der Waals surface area contributed by atoms with E-state index in [0.29, 0.717) is 19.6 Å². The number of nitrogens with one attached hydrogen (secondary N) is 1. The van der Waals surface area contributed by atoms with Crippen LogP contribution in [0.25, 0.3) is 0 Å². The normalized spacial score (nSPS) is 11.0. The van der Waals surface area contributed by atoms with Crippen molar-refractivity contribution in [1.29, 1.82) is 0 Å². The Morgan fingerprint density at radius 2 is 1.74 bits per heavy atom. The molecule has 0 aliphatic carbocycles. The van der Waals surface area contributed by atoms with Crippen LogP contribution in [0.3, 0.4) is 0 Å². The fourth-order valence-electron chi connectivity index (χ4n) is 2.05. The molecule has 0 aliphatic rings. The zero-order valence-electron chi connectivity index (χ0n) is 14.8. The Labute approximate surface area is 139 Å². The molecule has 23 heavy (non-hydrogen) atoms.